The molecule has 0 N–H and O–H groups in total. The lowest BCUT2D eigenvalue weighted by Crippen LogP contribution is -2.56. The third kappa shape index (κ3) is 4.39. The van der Waals surface area contributed by atoms with Gasteiger partial charge in [-0.2, -0.15) is 0 Å². The van der Waals surface area contributed by atoms with Crippen LogP contribution in [0, 0.1) is 35.0 Å². The molecule has 0 saturated heterocycles. The Bertz CT molecular complexity index is 1120. The van der Waals surface area contributed by atoms with Crippen LogP contribution in [-0.4, -0.2) is 18.0 Å². The summed E-state index contributed by atoms with van der Waals surface area (Å²) >= 11 is 4.56. The summed E-state index contributed by atoms with van der Waals surface area (Å²) < 4.78 is 12.3. The highest BCUT2D eigenvalue weighted by molar-refractivity contribution is 7.80. The quantitative estimate of drug-likeness (QED) is 0.349. The van der Waals surface area contributed by atoms with Crippen LogP contribution in [-0.2, 0) is 24.7 Å². The Morgan fingerprint density at radius 3 is 2.17 bits per heavy atom. The second kappa shape index (κ2) is 8.83. The van der Waals surface area contributed by atoms with E-state index in [0.29, 0.717) is 23.7 Å². The molecule has 0 radical (unpaired) electrons. The van der Waals surface area contributed by atoms with Gasteiger partial charge >= 0.3 is 11.9 Å². The Labute approximate surface area is 214 Å². The predicted molar refractivity (Wildman–Crippen MR) is 140 cm³/mol. The minimum absolute atomic E-state index is 0.0172. The van der Waals surface area contributed by atoms with Gasteiger partial charge in [0.25, 0.3) is 0 Å². The molecule has 4 aliphatic carbocycles. The number of hydrogen-bond donors (Lipinski definition) is 1. The van der Waals surface area contributed by atoms with Crippen molar-refractivity contribution in [2.45, 2.75) is 83.3 Å². The van der Waals surface area contributed by atoms with Crippen molar-refractivity contribution in [2.24, 2.45) is 35.0 Å². The van der Waals surface area contributed by atoms with Crippen molar-refractivity contribution in [1.82, 2.24) is 0 Å². The minimum Gasteiger partial charge on any atom is -0.461 e. The van der Waals surface area contributed by atoms with Crippen LogP contribution in [0.25, 0.3) is 10.8 Å². The second-order valence-electron chi connectivity index (χ2n) is 12.3. The van der Waals surface area contributed by atoms with Crippen LogP contribution >= 0.6 is 12.6 Å². The zero-order valence-electron chi connectivity index (χ0n) is 21.5. The van der Waals surface area contributed by atoms with Crippen LogP contribution in [0.3, 0.4) is 0 Å². The lowest BCUT2D eigenvalue weighted by atomic mass is 9.50. The van der Waals surface area contributed by atoms with E-state index in [0.717, 1.165) is 53.3 Å². The van der Waals surface area contributed by atoms with Gasteiger partial charge in [-0.25, -0.2) is 0 Å². The Morgan fingerprint density at radius 2 is 1.57 bits per heavy atom. The maximum Gasteiger partial charge on any atom is 0.311 e. The molecule has 0 heterocycles. The molecule has 0 spiro atoms. The average Bonchev–Trinajstić information content (AvgIpc) is 2.80. The molecule has 188 valence electrons. The summed E-state index contributed by atoms with van der Waals surface area (Å²) in [5, 5.41) is 2.20. The number of benzene rings is 2. The van der Waals surface area contributed by atoms with Gasteiger partial charge in [-0.05, 0) is 112 Å². The summed E-state index contributed by atoms with van der Waals surface area (Å²) in [6.07, 6.45) is 4.62. The van der Waals surface area contributed by atoms with Crippen molar-refractivity contribution in [3.63, 3.8) is 0 Å². The summed E-state index contributed by atoms with van der Waals surface area (Å²) in [6.45, 7) is 9.93. The van der Waals surface area contributed by atoms with E-state index >= 15 is 0 Å². The van der Waals surface area contributed by atoms with Gasteiger partial charge in [0, 0.05) is 4.90 Å². The van der Waals surface area contributed by atoms with E-state index in [9.17, 15) is 9.59 Å². The third-order valence-electron chi connectivity index (χ3n) is 9.23. The van der Waals surface area contributed by atoms with Crippen molar-refractivity contribution >= 4 is 35.3 Å². The van der Waals surface area contributed by atoms with Crippen molar-refractivity contribution in [1.29, 1.82) is 0 Å². The van der Waals surface area contributed by atoms with Gasteiger partial charge in [-0.3, -0.25) is 9.59 Å². The van der Waals surface area contributed by atoms with Gasteiger partial charge in [0.15, 0.2) is 0 Å². The fourth-order valence-electron chi connectivity index (χ4n) is 6.86. The SMILES string of the molecule is CCC(C)(C)C(=O)OC1C2CC3CC1CC(C2)C3C(=O)OC(C)(C)c1ccc2c(S)cccc2c1. The number of hydrogen-bond acceptors (Lipinski definition) is 5. The molecule has 4 saturated carbocycles. The van der Waals surface area contributed by atoms with Crippen molar-refractivity contribution in [3.8, 4) is 0 Å². The second-order valence-corrected chi connectivity index (χ2v) is 12.7. The number of carbonyl (C=O) groups excluding carboxylic acids is 2. The maximum atomic E-state index is 13.5. The number of fused-ring (bicyclic) bond motifs is 1. The van der Waals surface area contributed by atoms with Gasteiger partial charge in [-0.15, -0.1) is 12.6 Å². The van der Waals surface area contributed by atoms with Crippen LogP contribution in [0.5, 0.6) is 0 Å². The molecule has 4 bridgehead atoms. The van der Waals surface area contributed by atoms with Crippen LogP contribution in [0.4, 0.5) is 0 Å². The Hall–Kier alpha value is -2.01. The Balaban J connectivity index is 1.28. The molecule has 2 aromatic rings. The fraction of sp³-hybridized carbons (Fsp3) is 0.600. The molecule has 4 nitrogen and oxygen atoms in total. The monoisotopic (exact) mass is 494 g/mol. The van der Waals surface area contributed by atoms with Gasteiger partial charge in [-0.1, -0.05) is 31.2 Å². The largest absolute Gasteiger partial charge is 0.461 e. The molecule has 0 amide bonds. The van der Waals surface area contributed by atoms with Crippen molar-refractivity contribution in [3.05, 3.63) is 42.0 Å². The molecule has 4 aliphatic rings. The number of esters is 2. The van der Waals surface area contributed by atoms with Gasteiger partial charge in [0.1, 0.15) is 11.7 Å². The highest BCUT2D eigenvalue weighted by Crippen LogP contribution is 2.58. The van der Waals surface area contributed by atoms with Gasteiger partial charge in [0.2, 0.25) is 0 Å². The van der Waals surface area contributed by atoms with Gasteiger partial charge < -0.3 is 9.47 Å². The van der Waals surface area contributed by atoms with Crippen LogP contribution in [0.2, 0.25) is 0 Å². The highest BCUT2D eigenvalue weighted by atomic mass is 32.1. The fourth-order valence-corrected chi connectivity index (χ4v) is 7.15. The van der Waals surface area contributed by atoms with Gasteiger partial charge in [0.05, 0.1) is 11.3 Å². The lowest BCUT2D eigenvalue weighted by Gasteiger charge is -2.56. The number of rotatable bonds is 6. The first-order chi connectivity index (χ1) is 16.5. The van der Waals surface area contributed by atoms with E-state index in [4.69, 9.17) is 9.47 Å². The molecular weight excluding hydrogens is 456 g/mol. The first-order valence-corrected chi connectivity index (χ1v) is 13.6. The van der Waals surface area contributed by atoms with Crippen LogP contribution in [0.1, 0.15) is 72.3 Å². The maximum absolute atomic E-state index is 13.5. The summed E-state index contributed by atoms with van der Waals surface area (Å²) in [5.74, 6) is 1.24. The zero-order valence-corrected chi connectivity index (χ0v) is 22.4. The average molecular weight is 495 g/mol. The molecule has 2 aromatic carbocycles. The van der Waals surface area contributed by atoms with Crippen molar-refractivity contribution in [2.75, 3.05) is 0 Å². The van der Waals surface area contributed by atoms with E-state index in [1.54, 1.807) is 0 Å². The molecule has 6 rings (SSSR count). The normalized spacial score (nSPS) is 29.9. The molecule has 0 aliphatic heterocycles. The molecule has 0 unspecified atom stereocenters. The standard InChI is InChI=1S/C30H38O4S/c1-6-29(2,3)28(32)33-26-20-12-18-13-21(26)15-19(14-20)25(18)27(31)34-30(4,5)22-10-11-23-17(16-22)8-7-9-24(23)35/h7-11,16,18-21,25-26,35H,6,12-15H2,1-5H3. The third-order valence-corrected chi connectivity index (χ3v) is 9.62. The van der Waals surface area contributed by atoms with E-state index < -0.39 is 11.0 Å². The van der Waals surface area contributed by atoms with E-state index in [1.807, 2.05) is 52.8 Å². The molecule has 0 aromatic heterocycles. The first kappa shape index (κ1) is 24.7. The van der Waals surface area contributed by atoms with Crippen molar-refractivity contribution < 1.29 is 19.1 Å². The molecular formula is C30H38O4S. The first-order valence-electron chi connectivity index (χ1n) is 13.2. The zero-order chi connectivity index (χ0) is 25.1. The van der Waals surface area contributed by atoms with Crippen LogP contribution < -0.4 is 0 Å². The molecule has 0 atom stereocenters. The molecule has 35 heavy (non-hydrogen) atoms. The summed E-state index contributed by atoms with van der Waals surface area (Å²) in [7, 11) is 0. The molecule has 4 fully saturated rings. The van der Waals surface area contributed by atoms with Crippen LogP contribution in [0.15, 0.2) is 41.3 Å². The summed E-state index contributed by atoms with van der Waals surface area (Å²) in [5.41, 5.74) is -0.160. The summed E-state index contributed by atoms with van der Waals surface area (Å²) in [4.78, 5) is 27.2. The highest BCUT2D eigenvalue weighted by Gasteiger charge is 2.57. The number of carbonyl (C=O) groups is 2. The number of ether oxygens (including phenoxy) is 2. The Morgan fingerprint density at radius 1 is 0.943 bits per heavy atom. The number of thiol groups is 1. The Kier molecular flexibility index (Phi) is 6.22. The lowest BCUT2D eigenvalue weighted by molar-refractivity contribution is -0.198. The van der Waals surface area contributed by atoms with E-state index in [1.165, 1.54) is 0 Å². The molecule has 5 heteroatoms. The smallest absolute Gasteiger partial charge is 0.311 e. The predicted octanol–water partition coefficient (Wildman–Crippen LogP) is 6.94. The minimum atomic E-state index is -0.712. The van der Waals surface area contributed by atoms with E-state index in [2.05, 4.69) is 30.8 Å². The van der Waals surface area contributed by atoms with E-state index in [-0.39, 0.29) is 24.0 Å². The summed E-state index contributed by atoms with van der Waals surface area (Å²) in [6, 6.07) is 12.3. The topological polar surface area (TPSA) is 52.6 Å².